The van der Waals surface area contributed by atoms with Gasteiger partial charge in [-0.1, -0.05) is 44.2 Å². The van der Waals surface area contributed by atoms with E-state index in [1.807, 2.05) is 13.0 Å². The summed E-state index contributed by atoms with van der Waals surface area (Å²) < 4.78 is 0. The van der Waals surface area contributed by atoms with Crippen LogP contribution in [0, 0.1) is 0 Å². The van der Waals surface area contributed by atoms with Crippen molar-refractivity contribution in [1.82, 2.24) is 5.32 Å². The molecule has 0 aliphatic rings. The number of carbonyl (C=O) groups is 1. The zero-order valence-corrected chi connectivity index (χ0v) is 13.5. The number of benzene rings is 1. The third-order valence-electron chi connectivity index (χ3n) is 3.87. The Kier molecular flexibility index (Phi) is 8.51. The molecule has 1 aromatic carbocycles. The maximum absolute atomic E-state index is 11.8. The summed E-state index contributed by atoms with van der Waals surface area (Å²) in [6.07, 6.45) is 2.40. The van der Waals surface area contributed by atoms with Gasteiger partial charge in [0.2, 0.25) is 5.91 Å². The van der Waals surface area contributed by atoms with Crippen molar-refractivity contribution in [3.05, 3.63) is 35.9 Å². The molecule has 20 heavy (non-hydrogen) atoms. The van der Waals surface area contributed by atoms with Gasteiger partial charge in [-0.25, -0.2) is 0 Å². The summed E-state index contributed by atoms with van der Waals surface area (Å²) in [5.74, 6) is 0.0391. The van der Waals surface area contributed by atoms with Crippen molar-refractivity contribution in [2.75, 3.05) is 6.54 Å². The summed E-state index contributed by atoms with van der Waals surface area (Å²) in [5.41, 5.74) is 6.96. The molecule has 0 spiro atoms. The van der Waals surface area contributed by atoms with Crippen LogP contribution in [0.3, 0.4) is 0 Å². The predicted molar refractivity (Wildman–Crippen MR) is 87.2 cm³/mol. The van der Waals surface area contributed by atoms with E-state index in [1.54, 1.807) is 0 Å². The molecule has 0 bridgehead atoms. The Morgan fingerprint density at radius 1 is 1.25 bits per heavy atom. The van der Waals surface area contributed by atoms with E-state index in [4.69, 9.17) is 5.73 Å². The van der Waals surface area contributed by atoms with Crippen LogP contribution in [0.1, 0.15) is 45.6 Å². The second kappa shape index (κ2) is 8.98. The van der Waals surface area contributed by atoms with Crippen LogP contribution in [0.15, 0.2) is 30.3 Å². The number of amides is 1. The number of nitrogens with two attached hydrogens (primary N) is 1. The fourth-order valence-electron chi connectivity index (χ4n) is 2.43. The monoisotopic (exact) mass is 298 g/mol. The summed E-state index contributed by atoms with van der Waals surface area (Å²) in [7, 11) is 0. The van der Waals surface area contributed by atoms with Crippen LogP contribution in [0.5, 0.6) is 0 Å². The number of rotatable bonds is 7. The van der Waals surface area contributed by atoms with Crippen LogP contribution in [-0.2, 0) is 10.2 Å². The molecule has 1 unspecified atom stereocenters. The fraction of sp³-hybridized carbons (Fsp3) is 0.562. The lowest BCUT2D eigenvalue weighted by Gasteiger charge is -2.32. The smallest absolute Gasteiger partial charge is 0.221 e. The van der Waals surface area contributed by atoms with Gasteiger partial charge in [-0.3, -0.25) is 4.79 Å². The van der Waals surface area contributed by atoms with Crippen LogP contribution in [0.25, 0.3) is 0 Å². The first kappa shape index (κ1) is 18.9. The average molecular weight is 299 g/mol. The third kappa shape index (κ3) is 5.14. The number of carbonyl (C=O) groups excluding carboxylic acids is 1. The Hall–Kier alpha value is -1.06. The third-order valence-corrected chi connectivity index (χ3v) is 3.87. The van der Waals surface area contributed by atoms with E-state index < -0.39 is 0 Å². The van der Waals surface area contributed by atoms with Gasteiger partial charge in [-0.05, 0) is 25.3 Å². The lowest BCUT2D eigenvalue weighted by molar-refractivity contribution is -0.121. The van der Waals surface area contributed by atoms with E-state index in [1.165, 1.54) is 5.56 Å². The maximum Gasteiger partial charge on any atom is 0.221 e. The van der Waals surface area contributed by atoms with Crippen molar-refractivity contribution in [1.29, 1.82) is 0 Å². The van der Waals surface area contributed by atoms with Gasteiger partial charge in [-0.2, -0.15) is 0 Å². The fourth-order valence-corrected chi connectivity index (χ4v) is 2.43. The molecule has 1 amide bonds. The second-order valence-corrected chi connectivity index (χ2v) is 5.31. The lowest BCUT2D eigenvalue weighted by Crippen LogP contribution is -2.41. The van der Waals surface area contributed by atoms with Gasteiger partial charge >= 0.3 is 0 Å². The lowest BCUT2D eigenvalue weighted by atomic mass is 9.76. The number of halogens is 1. The highest BCUT2D eigenvalue weighted by atomic mass is 35.5. The molecule has 0 fully saturated rings. The highest BCUT2D eigenvalue weighted by Gasteiger charge is 2.28. The molecule has 1 rings (SSSR count). The highest BCUT2D eigenvalue weighted by molar-refractivity contribution is 5.85. The number of hydrogen-bond donors (Lipinski definition) is 2. The molecule has 0 aromatic heterocycles. The van der Waals surface area contributed by atoms with Gasteiger partial charge in [0.1, 0.15) is 0 Å². The highest BCUT2D eigenvalue weighted by Crippen LogP contribution is 2.30. The Morgan fingerprint density at radius 3 is 2.25 bits per heavy atom. The molecule has 4 heteroatoms. The summed E-state index contributed by atoms with van der Waals surface area (Å²) in [4.78, 5) is 11.8. The quantitative estimate of drug-likeness (QED) is 0.813. The van der Waals surface area contributed by atoms with E-state index in [-0.39, 0.29) is 29.8 Å². The topological polar surface area (TPSA) is 55.1 Å². The Labute approximate surface area is 128 Å². The van der Waals surface area contributed by atoms with Crippen LogP contribution in [0.2, 0.25) is 0 Å². The number of nitrogens with one attached hydrogen (secondary N) is 1. The van der Waals surface area contributed by atoms with E-state index in [2.05, 4.69) is 43.4 Å². The molecule has 3 N–H and O–H groups in total. The van der Waals surface area contributed by atoms with Gasteiger partial charge < -0.3 is 11.1 Å². The minimum atomic E-state index is -0.0885. The SMILES string of the molecule is CCC(CC)(CNC(=O)CC(C)N)c1ccccc1.Cl. The summed E-state index contributed by atoms with van der Waals surface area (Å²) in [5, 5.41) is 3.04. The molecule has 1 aromatic rings. The summed E-state index contributed by atoms with van der Waals surface area (Å²) in [6.45, 7) is 6.88. The number of hydrogen-bond acceptors (Lipinski definition) is 2. The predicted octanol–water partition coefficient (Wildman–Crippen LogP) is 3.02. The molecule has 0 saturated heterocycles. The first-order valence-electron chi connectivity index (χ1n) is 7.12. The zero-order valence-electron chi connectivity index (χ0n) is 12.7. The minimum Gasteiger partial charge on any atom is -0.355 e. The molecule has 1 atom stereocenters. The van der Waals surface area contributed by atoms with E-state index >= 15 is 0 Å². The van der Waals surface area contributed by atoms with Gasteiger partial charge in [0.25, 0.3) is 0 Å². The van der Waals surface area contributed by atoms with Gasteiger partial charge in [0, 0.05) is 24.4 Å². The van der Waals surface area contributed by atoms with Crippen molar-refractivity contribution >= 4 is 18.3 Å². The van der Waals surface area contributed by atoms with Crippen LogP contribution >= 0.6 is 12.4 Å². The first-order chi connectivity index (χ1) is 9.04. The van der Waals surface area contributed by atoms with Crippen molar-refractivity contribution in [3.8, 4) is 0 Å². The molecular formula is C16H27ClN2O. The Bertz CT molecular complexity index is 389. The zero-order chi connectivity index (χ0) is 14.3. The molecule has 114 valence electrons. The normalized spacial score (nSPS) is 12.4. The van der Waals surface area contributed by atoms with E-state index in [0.29, 0.717) is 13.0 Å². The Balaban J connectivity index is 0.00000361. The molecule has 0 saturated carbocycles. The van der Waals surface area contributed by atoms with Gasteiger partial charge in [-0.15, -0.1) is 12.4 Å². The van der Waals surface area contributed by atoms with Crippen molar-refractivity contribution < 1.29 is 4.79 Å². The maximum atomic E-state index is 11.8. The molecule has 0 heterocycles. The van der Waals surface area contributed by atoms with Crippen LogP contribution < -0.4 is 11.1 Å². The van der Waals surface area contributed by atoms with Gasteiger partial charge in [0.15, 0.2) is 0 Å². The first-order valence-corrected chi connectivity index (χ1v) is 7.12. The Morgan fingerprint density at radius 2 is 1.80 bits per heavy atom. The molecule has 0 radical (unpaired) electrons. The van der Waals surface area contributed by atoms with Crippen molar-refractivity contribution in [2.45, 2.75) is 51.5 Å². The van der Waals surface area contributed by atoms with Gasteiger partial charge in [0.05, 0.1) is 0 Å². The van der Waals surface area contributed by atoms with E-state index in [0.717, 1.165) is 12.8 Å². The minimum absolute atomic E-state index is 0. The van der Waals surface area contributed by atoms with Crippen molar-refractivity contribution in [3.63, 3.8) is 0 Å². The average Bonchev–Trinajstić information content (AvgIpc) is 2.41. The largest absolute Gasteiger partial charge is 0.355 e. The summed E-state index contributed by atoms with van der Waals surface area (Å²) in [6, 6.07) is 10.3. The van der Waals surface area contributed by atoms with E-state index in [9.17, 15) is 4.79 Å². The van der Waals surface area contributed by atoms with Crippen LogP contribution in [0.4, 0.5) is 0 Å². The molecule has 0 aliphatic carbocycles. The molecule has 0 aliphatic heterocycles. The molecule has 3 nitrogen and oxygen atoms in total. The van der Waals surface area contributed by atoms with Crippen LogP contribution in [-0.4, -0.2) is 18.5 Å². The second-order valence-electron chi connectivity index (χ2n) is 5.31. The van der Waals surface area contributed by atoms with Crippen molar-refractivity contribution in [2.24, 2.45) is 5.73 Å². The molecular weight excluding hydrogens is 272 g/mol. The standard InChI is InChI=1S/C16H26N2O.ClH/c1-4-16(5-2,14-9-7-6-8-10-14)12-18-15(19)11-13(3)17;/h6-10,13H,4-5,11-12,17H2,1-3H3,(H,18,19);1H. The summed E-state index contributed by atoms with van der Waals surface area (Å²) >= 11 is 0.